The molecule has 0 aliphatic carbocycles. The average molecular weight is 155 g/mol. The Kier molecular flexibility index (Phi) is 3.11. The number of imidazole rings is 1. The summed E-state index contributed by atoms with van der Waals surface area (Å²) in [4.78, 5) is 2.98. The molecule has 0 bridgehead atoms. The average Bonchev–Trinajstić information content (AvgIpc) is 2.52. The number of rotatable bonds is 4. The number of aromatic amines is 1. The lowest BCUT2D eigenvalue weighted by Crippen LogP contribution is -2.37. The van der Waals surface area contributed by atoms with E-state index in [9.17, 15) is 0 Å². The quantitative estimate of drug-likeness (QED) is 0.615. The summed E-state index contributed by atoms with van der Waals surface area (Å²) >= 11 is 0. The van der Waals surface area contributed by atoms with Crippen LogP contribution in [0.1, 0.15) is 25.8 Å². The van der Waals surface area contributed by atoms with Crippen LogP contribution in [0, 0.1) is 0 Å². The van der Waals surface area contributed by atoms with Crippen LogP contribution >= 0.6 is 0 Å². The second-order valence-corrected chi connectivity index (χ2v) is 2.63. The minimum absolute atomic E-state index is 0.261. The van der Waals surface area contributed by atoms with Crippen LogP contribution in [0.25, 0.3) is 0 Å². The summed E-state index contributed by atoms with van der Waals surface area (Å²) in [5, 5.41) is 8.74. The van der Waals surface area contributed by atoms with Crippen LogP contribution in [0.4, 0.5) is 0 Å². The summed E-state index contributed by atoms with van der Waals surface area (Å²) < 4.78 is 2.09. The first-order chi connectivity index (χ1) is 5.38. The zero-order valence-electron chi connectivity index (χ0n) is 6.83. The number of hydrogen-bond acceptors (Lipinski definition) is 1. The first-order valence-corrected chi connectivity index (χ1v) is 4.03. The maximum Gasteiger partial charge on any atom is 0.241 e. The van der Waals surface area contributed by atoms with Crippen LogP contribution in [-0.4, -0.2) is 16.7 Å². The molecule has 0 saturated carbocycles. The molecule has 0 amide bonds. The fraction of sp³-hybridized carbons (Fsp3) is 0.625. The number of nitrogens with zero attached hydrogens (tertiary/aromatic N) is 1. The molecule has 1 atom stereocenters. The van der Waals surface area contributed by atoms with E-state index in [4.69, 9.17) is 5.11 Å². The molecule has 0 spiro atoms. The van der Waals surface area contributed by atoms with E-state index in [2.05, 4.69) is 16.5 Å². The van der Waals surface area contributed by atoms with Crippen molar-refractivity contribution in [2.45, 2.75) is 25.8 Å². The van der Waals surface area contributed by atoms with Crippen molar-refractivity contribution < 1.29 is 9.67 Å². The van der Waals surface area contributed by atoms with Gasteiger partial charge < -0.3 is 5.11 Å². The highest BCUT2D eigenvalue weighted by Gasteiger charge is 2.11. The number of aliphatic hydroxyl groups excluding tert-OH is 1. The van der Waals surface area contributed by atoms with Gasteiger partial charge in [-0.2, -0.15) is 0 Å². The Morgan fingerprint density at radius 3 is 2.91 bits per heavy atom. The Labute approximate surface area is 66.7 Å². The number of nitrogens with one attached hydrogen (secondary N) is 1. The summed E-state index contributed by atoms with van der Waals surface area (Å²) in [5.41, 5.74) is 0. The van der Waals surface area contributed by atoms with E-state index in [0.717, 1.165) is 12.8 Å². The molecule has 0 aromatic carbocycles. The van der Waals surface area contributed by atoms with E-state index < -0.39 is 0 Å². The molecule has 1 heterocycles. The normalized spacial score (nSPS) is 13.3. The van der Waals surface area contributed by atoms with Gasteiger partial charge in [0.05, 0.1) is 0 Å². The Balaban J connectivity index is 2.56. The second-order valence-electron chi connectivity index (χ2n) is 2.63. The van der Waals surface area contributed by atoms with Crippen LogP contribution in [0.3, 0.4) is 0 Å². The Morgan fingerprint density at radius 1 is 1.64 bits per heavy atom. The molecule has 1 rings (SSSR count). The molecular weight excluding hydrogens is 140 g/mol. The van der Waals surface area contributed by atoms with Crippen molar-refractivity contribution >= 4 is 0 Å². The molecule has 3 nitrogen and oxygen atoms in total. The summed E-state index contributed by atoms with van der Waals surface area (Å²) in [6.45, 7) is 2.39. The Bertz CT molecular complexity index is 184. The molecule has 0 aliphatic rings. The van der Waals surface area contributed by atoms with Gasteiger partial charge in [0.2, 0.25) is 6.33 Å². The molecule has 11 heavy (non-hydrogen) atoms. The zero-order chi connectivity index (χ0) is 8.10. The third-order valence-electron chi connectivity index (χ3n) is 1.92. The lowest BCUT2D eigenvalue weighted by Gasteiger charge is -2.08. The van der Waals surface area contributed by atoms with Gasteiger partial charge in [-0.05, 0) is 6.42 Å². The van der Waals surface area contributed by atoms with E-state index >= 15 is 0 Å². The summed E-state index contributed by atoms with van der Waals surface area (Å²) in [5.74, 6) is 0. The minimum atomic E-state index is 0.261. The molecule has 1 unspecified atom stereocenters. The molecule has 3 heteroatoms. The number of H-pyrrole nitrogens is 1. The van der Waals surface area contributed by atoms with Crippen LogP contribution in [0.5, 0.6) is 0 Å². The third-order valence-corrected chi connectivity index (χ3v) is 1.92. The Morgan fingerprint density at radius 2 is 2.45 bits per heavy atom. The Hall–Kier alpha value is -0.830. The van der Waals surface area contributed by atoms with Gasteiger partial charge in [-0.25, -0.2) is 4.57 Å². The molecule has 1 aromatic heterocycles. The summed E-state index contributed by atoms with van der Waals surface area (Å²) in [6.07, 6.45) is 7.69. The van der Waals surface area contributed by atoms with Gasteiger partial charge in [0.25, 0.3) is 0 Å². The zero-order valence-corrected chi connectivity index (χ0v) is 6.83. The molecule has 2 N–H and O–H groups in total. The van der Waals surface area contributed by atoms with Crippen molar-refractivity contribution in [1.29, 1.82) is 0 Å². The molecule has 1 aromatic rings. The minimum Gasteiger partial charge on any atom is -0.396 e. The van der Waals surface area contributed by atoms with Crippen LogP contribution in [-0.2, 0) is 0 Å². The van der Waals surface area contributed by atoms with Crippen molar-refractivity contribution in [2.24, 2.45) is 0 Å². The first-order valence-electron chi connectivity index (χ1n) is 4.03. The van der Waals surface area contributed by atoms with Gasteiger partial charge in [-0.15, -0.1) is 0 Å². The fourth-order valence-electron chi connectivity index (χ4n) is 1.24. The lowest BCUT2D eigenvalue weighted by molar-refractivity contribution is -0.723. The predicted octanol–water partition coefficient (Wildman–Crippen LogP) is 0.636. The second kappa shape index (κ2) is 4.13. The summed E-state index contributed by atoms with van der Waals surface area (Å²) in [6, 6.07) is 0.436. The molecule has 0 aliphatic heterocycles. The summed E-state index contributed by atoms with van der Waals surface area (Å²) in [7, 11) is 0. The van der Waals surface area contributed by atoms with E-state index in [1.807, 2.05) is 18.7 Å². The van der Waals surface area contributed by atoms with E-state index in [1.54, 1.807) is 0 Å². The van der Waals surface area contributed by atoms with Gasteiger partial charge in [0, 0.05) is 13.0 Å². The van der Waals surface area contributed by atoms with Crippen molar-refractivity contribution in [3.63, 3.8) is 0 Å². The molecule has 0 fully saturated rings. The SMILES string of the molecule is CCC(CCO)[n+]1cc[nH]c1. The highest BCUT2D eigenvalue weighted by molar-refractivity contribution is 4.59. The van der Waals surface area contributed by atoms with Gasteiger partial charge in [-0.3, -0.25) is 4.98 Å². The predicted molar refractivity (Wildman–Crippen MR) is 42.0 cm³/mol. The maximum atomic E-state index is 8.74. The lowest BCUT2D eigenvalue weighted by atomic mass is 10.1. The molecule has 0 radical (unpaired) electrons. The van der Waals surface area contributed by atoms with Crippen molar-refractivity contribution in [1.82, 2.24) is 4.98 Å². The topological polar surface area (TPSA) is 39.9 Å². The molecule has 0 saturated heterocycles. The maximum absolute atomic E-state index is 8.74. The van der Waals surface area contributed by atoms with Crippen LogP contribution < -0.4 is 4.57 Å². The van der Waals surface area contributed by atoms with Crippen LogP contribution in [0.15, 0.2) is 18.7 Å². The first kappa shape index (κ1) is 8.27. The van der Waals surface area contributed by atoms with Gasteiger partial charge in [0.15, 0.2) is 0 Å². The number of aliphatic hydroxyl groups is 1. The van der Waals surface area contributed by atoms with Gasteiger partial charge >= 0.3 is 0 Å². The van der Waals surface area contributed by atoms with E-state index in [1.165, 1.54) is 0 Å². The van der Waals surface area contributed by atoms with Crippen molar-refractivity contribution in [2.75, 3.05) is 6.61 Å². The highest BCUT2D eigenvalue weighted by atomic mass is 16.3. The van der Waals surface area contributed by atoms with Crippen molar-refractivity contribution in [3.8, 4) is 0 Å². The van der Waals surface area contributed by atoms with E-state index in [-0.39, 0.29) is 6.61 Å². The largest absolute Gasteiger partial charge is 0.396 e. The van der Waals surface area contributed by atoms with Crippen molar-refractivity contribution in [3.05, 3.63) is 18.7 Å². The molecule has 62 valence electrons. The highest BCUT2D eigenvalue weighted by Crippen LogP contribution is 2.05. The smallest absolute Gasteiger partial charge is 0.241 e. The van der Waals surface area contributed by atoms with Gasteiger partial charge in [0.1, 0.15) is 18.4 Å². The third kappa shape index (κ3) is 2.05. The molecular formula is C8H15N2O+. The fourth-order valence-corrected chi connectivity index (χ4v) is 1.24. The van der Waals surface area contributed by atoms with Crippen LogP contribution in [0.2, 0.25) is 0 Å². The number of aromatic nitrogens is 2. The van der Waals surface area contributed by atoms with Gasteiger partial charge in [-0.1, -0.05) is 6.92 Å². The monoisotopic (exact) mass is 155 g/mol. The van der Waals surface area contributed by atoms with E-state index in [0.29, 0.717) is 6.04 Å². The number of hydrogen-bond donors (Lipinski definition) is 2. The standard InChI is InChI=1S/C8H14N2O/c1-2-8(3-6-11)10-5-4-9-7-10/h4-5,7-8,11H,2-3,6H2,1H3/p+1.